The van der Waals surface area contributed by atoms with Crippen LogP contribution in [-0.2, 0) is 19.6 Å². The lowest BCUT2D eigenvalue weighted by Crippen LogP contribution is -2.50. The predicted octanol–water partition coefficient (Wildman–Crippen LogP) is 3.97. The summed E-state index contributed by atoms with van der Waals surface area (Å²) in [4.78, 5) is 46.2. The number of hydrogen-bond acceptors (Lipinski definition) is 6. The zero-order chi connectivity index (χ0) is 29.9. The molecule has 1 aromatic rings. The van der Waals surface area contributed by atoms with Crippen molar-refractivity contribution in [3.8, 4) is 0 Å². The molecule has 4 aliphatic rings. The number of carbonyl (C=O) groups is 3. The Morgan fingerprint density at radius 3 is 2.12 bits per heavy atom. The summed E-state index contributed by atoms with van der Waals surface area (Å²) in [5.41, 5.74) is 0.857. The first kappa shape index (κ1) is 29.4. The first-order chi connectivity index (χ1) is 19.2. The number of urea groups is 1. The van der Waals surface area contributed by atoms with Gasteiger partial charge in [-0.3, -0.25) is 14.6 Å². The van der Waals surface area contributed by atoms with Crippen LogP contribution in [0.15, 0.2) is 22.5 Å². The molecule has 1 spiro atoms. The molecular formula is C30H41N5O5S. The Morgan fingerprint density at radius 2 is 1.59 bits per heavy atom. The van der Waals surface area contributed by atoms with Gasteiger partial charge in [0.15, 0.2) is 0 Å². The van der Waals surface area contributed by atoms with Crippen LogP contribution in [0.3, 0.4) is 0 Å². The molecule has 1 aliphatic carbocycles. The molecule has 3 aliphatic heterocycles. The number of nitrogens with zero attached hydrogens (tertiary/aromatic N) is 4. The van der Waals surface area contributed by atoms with Gasteiger partial charge in [-0.2, -0.15) is 4.31 Å². The van der Waals surface area contributed by atoms with Crippen molar-refractivity contribution in [1.29, 1.82) is 0 Å². The number of amidine groups is 1. The average Bonchev–Trinajstić information content (AvgIpc) is 3.30. The Morgan fingerprint density at radius 1 is 1.00 bits per heavy atom. The lowest BCUT2D eigenvalue weighted by Gasteiger charge is -2.34. The molecule has 0 radical (unpaired) electrons. The zero-order valence-electron chi connectivity index (χ0n) is 24.9. The number of rotatable bonds is 5. The molecule has 3 fully saturated rings. The van der Waals surface area contributed by atoms with E-state index in [4.69, 9.17) is 4.99 Å². The van der Waals surface area contributed by atoms with Crippen LogP contribution in [-0.4, -0.2) is 72.5 Å². The van der Waals surface area contributed by atoms with Crippen LogP contribution in [0.25, 0.3) is 6.08 Å². The molecule has 0 atom stereocenters. The van der Waals surface area contributed by atoms with Gasteiger partial charge in [0.2, 0.25) is 10.0 Å². The molecule has 5 rings (SSSR count). The average molecular weight is 584 g/mol. The van der Waals surface area contributed by atoms with E-state index in [0.717, 1.165) is 42.6 Å². The number of aryl methyl sites for hydroxylation is 2. The fraction of sp³-hybridized carbons (Fsp3) is 0.600. The van der Waals surface area contributed by atoms with Crippen molar-refractivity contribution >= 4 is 45.5 Å². The molecule has 0 aromatic heterocycles. The number of amides is 4. The Kier molecular flexibility index (Phi) is 7.43. The van der Waals surface area contributed by atoms with Crippen molar-refractivity contribution in [2.24, 2.45) is 16.8 Å². The molecule has 1 aromatic carbocycles. The van der Waals surface area contributed by atoms with Crippen molar-refractivity contribution in [2.45, 2.75) is 84.2 Å². The van der Waals surface area contributed by atoms with E-state index in [1.54, 1.807) is 39.1 Å². The van der Waals surface area contributed by atoms with Crippen molar-refractivity contribution in [3.05, 3.63) is 34.2 Å². The van der Waals surface area contributed by atoms with Crippen molar-refractivity contribution < 1.29 is 22.8 Å². The topological polar surface area (TPSA) is 119 Å². The van der Waals surface area contributed by atoms with E-state index in [1.165, 1.54) is 19.5 Å². The van der Waals surface area contributed by atoms with E-state index < -0.39 is 27.1 Å². The molecule has 10 nitrogen and oxygen atoms in total. The number of hydrogen-bond donors (Lipinski definition) is 1. The summed E-state index contributed by atoms with van der Waals surface area (Å²) in [5, 5.41) is 4.23. The fourth-order valence-corrected chi connectivity index (χ4v) is 7.59. The maximum absolute atomic E-state index is 13.3. The molecule has 0 unspecified atom stereocenters. The summed E-state index contributed by atoms with van der Waals surface area (Å²) in [6.07, 6.45) is 6.61. The van der Waals surface area contributed by atoms with E-state index in [2.05, 4.69) is 12.2 Å². The number of benzene rings is 1. The van der Waals surface area contributed by atoms with Crippen LogP contribution in [0.5, 0.6) is 0 Å². The smallest absolute Gasteiger partial charge is 0.313 e. The number of piperidine rings is 1. The first-order valence-corrected chi connectivity index (χ1v) is 16.0. The van der Waals surface area contributed by atoms with E-state index in [9.17, 15) is 22.8 Å². The number of anilines is 1. The van der Waals surface area contributed by atoms with Crippen LogP contribution in [0, 0.1) is 25.7 Å². The van der Waals surface area contributed by atoms with Gasteiger partial charge < -0.3 is 10.2 Å². The number of likely N-dealkylation sites (N-methyl/N-ethyl adjacent to an activating group) is 1. The second-order valence-electron chi connectivity index (χ2n) is 12.7. The minimum atomic E-state index is -3.74. The Balaban J connectivity index is 1.28. The van der Waals surface area contributed by atoms with Crippen LogP contribution in [0.4, 0.5) is 10.5 Å². The molecule has 1 saturated carbocycles. The summed E-state index contributed by atoms with van der Waals surface area (Å²) in [5.74, 6) is 1.37. The van der Waals surface area contributed by atoms with Gasteiger partial charge in [0.25, 0.3) is 11.8 Å². The lowest BCUT2D eigenvalue weighted by molar-refractivity contribution is -0.125. The fourth-order valence-electron chi connectivity index (χ4n) is 6.42. The van der Waals surface area contributed by atoms with Crippen molar-refractivity contribution in [3.63, 3.8) is 0 Å². The van der Waals surface area contributed by atoms with Crippen LogP contribution in [0.1, 0.15) is 76.0 Å². The van der Waals surface area contributed by atoms with Gasteiger partial charge in [-0.1, -0.05) is 19.8 Å². The standard InChI is InChI=1S/C30H41N5O5S/c1-19-7-9-22(10-8-19)25-31-26(36)30(32-25)12-14-34(15-13-30)41(39,40)16-11-24-20(2)17-23(18-21(24)3)35-27(37)29(4,5)33(6)28(35)38/h11,16-19,22H,7-10,12-15H2,1-6H3,(H,31,32,36)/b16-11+. The summed E-state index contributed by atoms with van der Waals surface area (Å²) < 4.78 is 28.0. The largest absolute Gasteiger partial charge is 0.332 e. The van der Waals surface area contributed by atoms with Crippen LogP contribution in [0.2, 0.25) is 0 Å². The van der Waals surface area contributed by atoms with Gasteiger partial charge in [0.1, 0.15) is 16.9 Å². The lowest BCUT2D eigenvalue weighted by atomic mass is 9.82. The molecule has 11 heteroatoms. The maximum Gasteiger partial charge on any atom is 0.332 e. The summed E-state index contributed by atoms with van der Waals surface area (Å²) in [7, 11) is -2.13. The Labute approximate surface area is 242 Å². The molecule has 4 amide bonds. The Hall–Kier alpha value is -3.05. The van der Waals surface area contributed by atoms with E-state index in [0.29, 0.717) is 30.0 Å². The van der Waals surface area contributed by atoms with E-state index in [1.807, 2.05) is 13.8 Å². The van der Waals surface area contributed by atoms with Gasteiger partial charge in [0, 0.05) is 31.5 Å². The number of carbonyl (C=O) groups excluding carboxylic acids is 3. The summed E-state index contributed by atoms with van der Waals surface area (Å²) in [6.45, 7) is 9.77. The first-order valence-electron chi connectivity index (χ1n) is 14.5. The third-order valence-electron chi connectivity index (χ3n) is 9.60. The second-order valence-corrected chi connectivity index (χ2v) is 14.5. The molecule has 222 valence electrons. The molecular weight excluding hydrogens is 542 g/mol. The Bertz CT molecular complexity index is 1420. The van der Waals surface area contributed by atoms with Crippen molar-refractivity contribution in [1.82, 2.24) is 14.5 Å². The summed E-state index contributed by atoms with van der Waals surface area (Å²) in [6, 6.07) is 3.07. The zero-order valence-corrected chi connectivity index (χ0v) is 25.7. The normalized spacial score (nSPS) is 26.8. The highest BCUT2D eigenvalue weighted by Gasteiger charge is 2.50. The highest BCUT2D eigenvalue weighted by molar-refractivity contribution is 7.92. The third kappa shape index (κ3) is 5.11. The minimum Gasteiger partial charge on any atom is -0.313 e. The molecule has 3 heterocycles. The molecule has 0 bridgehead atoms. The number of sulfonamides is 1. The minimum absolute atomic E-state index is 0.102. The number of nitrogens with one attached hydrogen (secondary N) is 1. The van der Waals surface area contributed by atoms with E-state index in [-0.39, 0.29) is 30.8 Å². The van der Waals surface area contributed by atoms with Gasteiger partial charge in [-0.25, -0.2) is 18.1 Å². The van der Waals surface area contributed by atoms with Crippen molar-refractivity contribution in [2.75, 3.05) is 25.0 Å². The quantitative estimate of drug-likeness (QED) is 0.526. The van der Waals surface area contributed by atoms with Crippen LogP contribution < -0.4 is 10.2 Å². The monoisotopic (exact) mass is 583 g/mol. The molecule has 1 N–H and O–H groups in total. The SMILES string of the molecule is Cc1cc(N2C(=O)N(C)C(C)(C)C2=O)cc(C)c1/C=C/S(=O)(=O)N1CCC2(CC1)N=C(C1CCC(C)CC1)NC2=O. The maximum atomic E-state index is 13.3. The highest BCUT2D eigenvalue weighted by atomic mass is 32.2. The van der Waals surface area contributed by atoms with Gasteiger partial charge in [0.05, 0.1) is 5.69 Å². The number of aliphatic imine (C=N–C) groups is 1. The van der Waals surface area contributed by atoms with E-state index >= 15 is 0 Å². The van der Waals surface area contributed by atoms with Gasteiger partial charge >= 0.3 is 6.03 Å². The second kappa shape index (κ2) is 10.3. The van der Waals surface area contributed by atoms with Gasteiger partial charge in [-0.05, 0) is 94.2 Å². The third-order valence-corrected chi connectivity index (χ3v) is 11.2. The highest BCUT2D eigenvalue weighted by Crippen LogP contribution is 2.37. The van der Waals surface area contributed by atoms with Gasteiger partial charge in [-0.15, -0.1) is 0 Å². The molecule has 2 saturated heterocycles. The predicted molar refractivity (Wildman–Crippen MR) is 159 cm³/mol. The molecule has 41 heavy (non-hydrogen) atoms. The summed E-state index contributed by atoms with van der Waals surface area (Å²) >= 11 is 0. The van der Waals surface area contributed by atoms with Crippen LogP contribution >= 0.6 is 0 Å². The number of imide groups is 1.